The van der Waals surface area contributed by atoms with Gasteiger partial charge in [0.25, 0.3) is 0 Å². The Morgan fingerprint density at radius 2 is 1.46 bits per heavy atom. The third-order valence-corrected chi connectivity index (χ3v) is 4.12. The van der Waals surface area contributed by atoms with Gasteiger partial charge in [-0.15, -0.1) is 0 Å². The highest BCUT2D eigenvalue weighted by molar-refractivity contribution is 6.07. The molecule has 3 aromatic carbocycles. The highest BCUT2D eigenvalue weighted by Crippen LogP contribution is 2.31. The number of allylic oxidation sites excluding steroid dienone is 1. The summed E-state index contributed by atoms with van der Waals surface area (Å²) in [7, 11) is 3.17. The monoisotopic (exact) mass is 344 g/mol. The normalized spacial score (nSPS) is 10.7. The fourth-order valence-corrected chi connectivity index (χ4v) is 2.76. The first-order valence-electron chi connectivity index (χ1n) is 8.32. The predicted molar refractivity (Wildman–Crippen MR) is 105 cm³/mol. The van der Waals surface area contributed by atoms with Crippen molar-refractivity contribution in [2.45, 2.75) is 0 Å². The van der Waals surface area contributed by atoms with Crippen LogP contribution in [0.1, 0.15) is 15.9 Å². The third-order valence-electron chi connectivity index (χ3n) is 4.12. The molecule has 3 rings (SSSR count). The van der Waals surface area contributed by atoms with Crippen molar-refractivity contribution in [3.8, 4) is 22.6 Å². The van der Waals surface area contributed by atoms with Crippen LogP contribution in [-0.2, 0) is 0 Å². The van der Waals surface area contributed by atoms with Crippen LogP contribution in [0.25, 0.3) is 17.2 Å². The lowest BCUT2D eigenvalue weighted by Gasteiger charge is -2.09. The number of rotatable bonds is 6. The fourth-order valence-electron chi connectivity index (χ4n) is 2.76. The molecular formula is C23H20O3. The Hall–Kier alpha value is -3.33. The summed E-state index contributed by atoms with van der Waals surface area (Å²) in [6.45, 7) is 0. The third kappa shape index (κ3) is 3.83. The Balaban J connectivity index is 1.79. The molecule has 0 heterocycles. The van der Waals surface area contributed by atoms with Gasteiger partial charge in [0.1, 0.15) is 0 Å². The maximum absolute atomic E-state index is 12.5. The molecule has 0 aliphatic carbocycles. The van der Waals surface area contributed by atoms with Crippen molar-refractivity contribution >= 4 is 11.9 Å². The average Bonchev–Trinajstić information content (AvgIpc) is 2.72. The van der Waals surface area contributed by atoms with Crippen LogP contribution in [0.4, 0.5) is 0 Å². The molecule has 0 amide bonds. The van der Waals surface area contributed by atoms with E-state index < -0.39 is 0 Å². The lowest BCUT2D eigenvalue weighted by Crippen LogP contribution is -1.95. The first-order valence-corrected chi connectivity index (χ1v) is 8.32. The Morgan fingerprint density at radius 1 is 0.769 bits per heavy atom. The van der Waals surface area contributed by atoms with Gasteiger partial charge in [0, 0.05) is 11.1 Å². The standard InChI is InChI=1S/C23H20O3/c1-25-22-10-6-9-20(23(22)26-2)15-16-21(24)19-13-11-18(12-14-19)17-7-4-3-5-8-17/h3-16H,1-2H3. The molecule has 0 saturated heterocycles. The van der Waals surface area contributed by atoms with Crippen molar-refractivity contribution in [3.05, 3.63) is 90.0 Å². The van der Waals surface area contributed by atoms with Crippen molar-refractivity contribution in [2.75, 3.05) is 14.2 Å². The van der Waals surface area contributed by atoms with Crippen LogP contribution in [0.15, 0.2) is 78.9 Å². The highest BCUT2D eigenvalue weighted by Gasteiger charge is 2.08. The van der Waals surface area contributed by atoms with E-state index in [1.807, 2.05) is 72.8 Å². The zero-order valence-electron chi connectivity index (χ0n) is 14.8. The van der Waals surface area contributed by atoms with Gasteiger partial charge in [-0.25, -0.2) is 0 Å². The van der Waals surface area contributed by atoms with Gasteiger partial charge in [-0.1, -0.05) is 66.7 Å². The van der Waals surface area contributed by atoms with Crippen LogP contribution in [0.3, 0.4) is 0 Å². The molecule has 0 N–H and O–H groups in total. The SMILES string of the molecule is COc1cccc(C=CC(=O)c2ccc(-c3ccccc3)cc2)c1OC. The molecule has 0 saturated carbocycles. The number of carbonyl (C=O) groups excluding carboxylic acids is 1. The maximum atomic E-state index is 12.5. The Labute approximate surface area is 153 Å². The van der Waals surface area contributed by atoms with Crippen LogP contribution in [0.5, 0.6) is 11.5 Å². The second-order valence-electron chi connectivity index (χ2n) is 5.72. The second-order valence-corrected chi connectivity index (χ2v) is 5.72. The summed E-state index contributed by atoms with van der Waals surface area (Å²) >= 11 is 0. The van der Waals surface area contributed by atoms with E-state index >= 15 is 0 Å². The minimum Gasteiger partial charge on any atom is -0.493 e. The molecule has 0 unspecified atom stereocenters. The predicted octanol–water partition coefficient (Wildman–Crippen LogP) is 5.27. The maximum Gasteiger partial charge on any atom is 0.185 e. The van der Waals surface area contributed by atoms with Crippen LogP contribution < -0.4 is 9.47 Å². The Morgan fingerprint density at radius 3 is 2.12 bits per heavy atom. The Kier molecular flexibility index (Phi) is 5.49. The van der Waals surface area contributed by atoms with E-state index in [1.165, 1.54) is 0 Å². The van der Waals surface area contributed by atoms with E-state index in [4.69, 9.17) is 9.47 Å². The zero-order chi connectivity index (χ0) is 18.4. The van der Waals surface area contributed by atoms with Crippen LogP contribution in [0.2, 0.25) is 0 Å². The molecule has 0 aliphatic heterocycles. The van der Waals surface area contributed by atoms with Gasteiger partial charge in [-0.2, -0.15) is 0 Å². The molecule has 0 aliphatic rings. The van der Waals surface area contributed by atoms with Crippen molar-refractivity contribution in [1.29, 1.82) is 0 Å². The molecule has 0 atom stereocenters. The van der Waals surface area contributed by atoms with Crippen molar-refractivity contribution < 1.29 is 14.3 Å². The van der Waals surface area contributed by atoms with Crippen LogP contribution in [-0.4, -0.2) is 20.0 Å². The van der Waals surface area contributed by atoms with Gasteiger partial charge in [0.2, 0.25) is 0 Å². The number of para-hydroxylation sites is 1. The number of hydrogen-bond donors (Lipinski definition) is 0. The number of benzene rings is 3. The summed E-state index contributed by atoms with van der Waals surface area (Å²) in [5.41, 5.74) is 3.65. The molecular weight excluding hydrogens is 324 g/mol. The summed E-state index contributed by atoms with van der Waals surface area (Å²) in [4.78, 5) is 12.5. The molecule has 0 radical (unpaired) electrons. The van der Waals surface area contributed by atoms with E-state index in [0.717, 1.165) is 16.7 Å². The quantitative estimate of drug-likeness (QED) is 0.451. The van der Waals surface area contributed by atoms with Gasteiger partial charge in [0.05, 0.1) is 14.2 Å². The lowest BCUT2D eigenvalue weighted by atomic mass is 10.0. The first kappa shape index (κ1) is 17.5. The lowest BCUT2D eigenvalue weighted by molar-refractivity contribution is 0.104. The highest BCUT2D eigenvalue weighted by atomic mass is 16.5. The van der Waals surface area contributed by atoms with Crippen molar-refractivity contribution in [3.63, 3.8) is 0 Å². The molecule has 3 nitrogen and oxygen atoms in total. The van der Waals surface area contributed by atoms with Crippen LogP contribution >= 0.6 is 0 Å². The van der Waals surface area contributed by atoms with Gasteiger partial charge >= 0.3 is 0 Å². The summed E-state index contributed by atoms with van der Waals surface area (Å²) in [6, 6.07) is 23.2. The molecule has 130 valence electrons. The molecule has 0 aromatic heterocycles. The zero-order valence-corrected chi connectivity index (χ0v) is 14.8. The van der Waals surface area contributed by atoms with E-state index in [0.29, 0.717) is 17.1 Å². The van der Waals surface area contributed by atoms with E-state index in [1.54, 1.807) is 26.4 Å². The summed E-state index contributed by atoms with van der Waals surface area (Å²) in [6.07, 6.45) is 3.30. The average molecular weight is 344 g/mol. The minimum atomic E-state index is -0.0607. The smallest absolute Gasteiger partial charge is 0.185 e. The molecule has 0 bridgehead atoms. The molecule has 26 heavy (non-hydrogen) atoms. The number of methoxy groups -OCH3 is 2. The minimum absolute atomic E-state index is 0.0607. The second kappa shape index (κ2) is 8.17. The number of ether oxygens (including phenoxy) is 2. The Bertz CT molecular complexity index is 910. The molecule has 3 aromatic rings. The molecule has 3 heteroatoms. The van der Waals surface area contributed by atoms with E-state index in [9.17, 15) is 4.79 Å². The summed E-state index contributed by atoms with van der Waals surface area (Å²) in [5, 5.41) is 0. The molecule has 0 spiro atoms. The molecule has 0 fully saturated rings. The van der Waals surface area contributed by atoms with Crippen molar-refractivity contribution in [2.24, 2.45) is 0 Å². The van der Waals surface area contributed by atoms with Crippen LogP contribution in [0, 0.1) is 0 Å². The van der Waals surface area contributed by atoms with Gasteiger partial charge < -0.3 is 9.47 Å². The number of hydrogen-bond acceptors (Lipinski definition) is 3. The van der Waals surface area contributed by atoms with Gasteiger partial charge in [-0.3, -0.25) is 4.79 Å². The largest absolute Gasteiger partial charge is 0.493 e. The first-order chi connectivity index (χ1) is 12.7. The topological polar surface area (TPSA) is 35.5 Å². The van der Waals surface area contributed by atoms with E-state index in [-0.39, 0.29) is 5.78 Å². The summed E-state index contributed by atoms with van der Waals surface area (Å²) in [5.74, 6) is 1.18. The summed E-state index contributed by atoms with van der Waals surface area (Å²) < 4.78 is 10.7. The van der Waals surface area contributed by atoms with Crippen molar-refractivity contribution in [1.82, 2.24) is 0 Å². The van der Waals surface area contributed by atoms with E-state index in [2.05, 4.69) is 0 Å². The number of ketones is 1. The van der Waals surface area contributed by atoms with Gasteiger partial charge in [0.15, 0.2) is 17.3 Å². The number of carbonyl (C=O) groups is 1. The fraction of sp³-hybridized carbons (Fsp3) is 0.0870. The van der Waals surface area contributed by atoms with Gasteiger partial charge in [-0.05, 0) is 29.3 Å².